The summed E-state index contributed by atoms with van der Waals surface area (Å²) < 4.78 is 0. The third kappa shape index (κ3) is 2.07. The lowest BCUT2D eigenvalue weighted by Crippen LogP contribution is -2.45. The molecule has 2 unspecified atom stereocenters. The van der Waals surface area contributed by atoms with Crippen LogP contribution in [0.25, 0.3) is 10.9 Å². The summed E-state index contributed by atoms with van der Waals surface area (Å²) in [6.07, 6.45) is 1.71. The lowest BCUT2D eigenvalue weighted by molar-refractivity contribution is -0.136. The monoisotopic (exact) mass is 244 g/mol. The summed E-state index contributed by atoms with van der Waals surface area (Å²) in [5.41, 5.74) is 5.32. The summed E-state index contributed by atoms with van der Waals surface area (Å²) in [6.45, 7) is 3.21. The zero-order valence-corrected chi connectivity index (χ0v) is 10.4. The number of hydrogen-bond donors (Lipinski definition) is 2. The minimum atomic E-state index is -1.57. The molecule has 1 aromatic heterocycles. The van der Waals surface area contributed by atoms with Crippen LogP contribution >= 0.6 is 0 Å². The van der Waals surface area contributed by atoms with Gasteiger partial charge < -0.3 is 10.8 Å². The predicted molar refractivity (Wildman–Crippen MR) is 70.0 cm³/mol. The summed E-state index contributed by atoms with van der Waals surface area (Å²) in [5.74, 6) is -1.11. The van der Waals surface area contributed by atoms with Crippen molar-refractivity contribution in [2.24, 2.45) is 5.73 Å². The Bertz CT molecular complexity index is 593. The van der Waals surface area contributed by atoms with Crippen LogP contribution in [0, 0.1) is 0 Å². The van der Waals surface area contributed by atoms with E-state index < -0.39 is 11.5 Å². The van der Waals surface area contributed by atoms with Crippen molar-refractivity contribution in [3.8, 4) is 0 Å². The zero-order chi connectivity index (χ0) is 13.3. The fourth-order valence-corrected chi connectivity index (χ4v) is 1.89. The van der Waals surface area contributed by atoms with Crippen LogP contribution in [0.1, 0.15) is 25.3 Å². The SMILES string of the molecule is CC(c1ccc2cccnc2c1)C(C)(O)C(N)=O. The van der Waals surface area contributed by atoms with Gasteiger partial charge >= 0.3 is 0 Å². The molecule has 0 saturated heterocycles. The number of nitrogens with zero attached hydrogens (tertiary/aromatic N) is 1. The number of pyridine rings is 1. The lowest BCUT2D eigenvalue weighted by atomic mass is 9.84. The highest BCUT2D eigenvalue weighted by atomic mass is 16.3. The van der Waals surface area contributed by atoms with Gasteiger partial charge in [0, 0.05) is 17.5 Å². The van der Waals surface area contributed by atoms with E-state index in [1.54, 1.807) is 13.1 Å². The molecule has 4 nitrogen and oxygen atoms in total. The summed E-state index contributed by atoms with van der Waals surface area (Å²) in [5, 5.41) is 11.1. The highest BCUT2D eigenvalue weighted by Gasteiger charge is 2.35. The fourth-order valence-electron chi connectivity index (χ4n) is 1.89. The highest BCUT2D eigenvalue weighted by molar-refractivity contribution is 5.84. The number of primary amides is 1. The molecule has 0 spiro atoms. The average molecular weight is 244 g/mol. The molecule has 2 rings (SSSR count). The summed E-state index contributed by atoms with van der Waals surface area (Å²) in [4.78, 5) is 15.5. The Morgan fingerprint density at radius 3 is 2.83 bits per heavy atom. The van der Waals surface area contributed by atoms with E-state index in [1.807, 2.05) is 30.3 Å². The molecule has 3 N–H and O–H groups in total. The topological polar surface area (TPSA) is 76.2 Å². The molecule has 0 fully saturated rings. The van der Waals surface area contributed by atoms with E-state index in [4.69, 9.17) is 5.73 Å². The van der Waals surface area contributed by atoms with Crippen molar-refractivity contribution in [1.82, 2.24) is 4.98 Å². The Kier molecular flexibility index (Phi) is 3.05. The molecular formula is C14H16N2O2. The highest BCUT2D eigenvalue weighted by Crippen LogP contribution is 2.29. The van der Waals surface area contributed by atoms with E-state index in [2.05, 4.69) is 4.98 Å². The van der Waals surface area contributed by atoms with Crippen molar-refractivity contribution in [3.05, 3.63) is 42.1 Å². The second-order valence-electron chi connectivity index (χ2n) is 4.69. The number of fused-ring (bicyclic) bond motifs is 1. The van der Waals surface area contributed by atoms with Gasteiger partial charge in [-0.2, -0.15) is 0 Å². The molecule has 1 aromatic carbocycles. The Balaban J connectivity index is 2.45. The molecule has 4 heteroatoms. The maximum atomic E-state index is 11.3. The number of rotatable bonds is 3. The van der Waals surface area contributed by atoms with Gasteiger partial charge in [0.15, 0.2) is 0 Å². The van der Waals surface area contributed by atoms with Crippen LogP contribution in [0.15, 0.2) is 36.5 Å². The summed E-state index contributed by atoms with van der Waals surface area (Å²) in [6, 6.07) is 9.50. The molecule has 1 amide bonds. The first-order valence-corrected chi connectivity index (χ1v) is 5.80. The number of nitrogens with two attached hydrogens (primary N) is 1. The molecule has 94 valence electrons. The van der Waals surface area contributed by atoms with Crippen molar-refractivity contribution >= 4 is 16.8 Å². The number of amides is 1. The molecule has 2 atom stereocenters. The molecule has 18 heavy (non-hydrogen) atoms. The van der Waals surface area contributed by atoms with Crippen LogP contribution in [0.4, 0.5) is 0 Å². The van der Waals surface area contributed by atoms with Gasteiger partial charge in [0.2, 0.25) is 5.91 Å². The largest absolute Gasteiger partial charge is 0.380 e. The number of carbonyl (C=O) groups is 1. The van der Waals surface area contributed by atoms with Gasteiger partial charge in [-0.1, -0.05) is 25.1 Å². The van der Waals surface area contributed by atoms with E-state index in [9.17, 15) is 9.90 Å². The number of hydrogen-bond acceptors (Lipinski definition) is 3. The van der Waals surface area contributed by atoms with E-state index in [-0.39, 0.29) is 5.92 Å². The van der Waals surface area contributed by atoms with Crippen molar-refractivity contribution < 1.29 is 9.90 Å². The van der Waals surface area contributed by atoms with Crippen molar-refractivity contribution in [3.63, 3.8) is 0 Å². The minimum absolute atomic E-state index is 0.388. The van der Waals surface area contributed by atoms with Crippen molar-refractivity contribution in [2.45, 2.75) is 25.4 Å². The number of carbonyl (C=O) groups excluding carboxylic acids is 1. The second-order valence-corrected chi connectivity index (χ2v) is 4.69. The molecule has 0 aliphatic rings. The molecular weight excluding hydrogens is 228 g/mol. The average Bonchev–Trinajstić information content (AvgIpc) is 2.37. The van der Waals surface area contributed by atoms with E-state index >= 15 is 0 Å². The number of aliphatic hydroxyl groups is 1. The first-order chi connectivity index (χ1) is 8.43. The normalized spacial score (nSPS) is 16.2. The third-order valence-corrected chi connectivity index (χ3v) is 3.47. The smallest absolute Gasteiger partial charge is 0.249 e. The molecule has 0 radical (unpaired) electrons. The van der Waals surface area contributed by atoms with Crippen LogP contribution in [0.3, 0.4) is 0 Å². The predicted octanol–water partition coefficient (Wildman–Crippen LogP) is 1.57. The maximum absolute atomic E-state index is 11.3. The van der Waals surface area contributed by atoms with Gasteiger partial charge in [-0.3, -0.25) is 9.78 Å². The number of benzene rings is 1. The second kappa shape index (κ2) is 4.38. The minimum Gasteiger partial charge on any atom is -0.380 e. The van der Waals surface area contributed by atoms with Crippen molar-refractivity contribution in [1.29, 1.82) is 0 Å². The number of aromatic nitrogens is 1. The molecule has 0 saturated carbocycles. The van der Waals surface area contributed by atoms with Crippen LogP contribution in [-0.2, 0) is 4.79 Å². The van der Waals surface area contributed by atoms with Crippen LogP contribution in [0.5, 0.6) is 0 Å². The Labute approximate surface area is 105 Å². The molecule has 0 aliphatic carbocycles. The van der Waals surface area contributed by atoms with E-state index in [1.165, 1.54) is 6.92 Å². The first-order valence-electron chi connectivity index (χ1n) is 5.80. The van der Waals surface area contributed by atoms with Crippen LogP contribution < -0.4 is 5.73 Å². The van der Waals surface area contributed by atoms with Gasteiger partial charge in [-0.05, 0) is 24.6 Å². The summed E-state index contributed by atoms with van der Waals surface area (Å²) in [7, 11) is 0. The molecule has 1 heterocycles. The van der Waals surface area contributed by atoms with Gasteiger partial charge in [-0.25, -0.2) is 0 Å². The van der Waals surface area contributed by atoms with E-state index in [0.29, 0.717) is 0 Å². The summed E-state index contributed by atoms with van der Waals surface area (Å²) >= 11 is 0. The standard InChI is InChI=1S/C14H16N2O2/c1-9(14(2,18)13(15)17)11-6-5-10-4-3-7-16-12(10)8-11/h3-9,18H,1-2H3,(H2,15,17). The fraction of sp³-hybridized carbons (Fsp3) is 0.286. The molecule has 0 aliphatic heterocycles. The van der Waals surface area contributed by atoms with Gasteiger partial charge in [0.1, 0.15) is 5.60 Å². The molecule has 0 bridgehead atoms. The van der Waals surface area contributed by atoms with Crippen molar-refractivity contribution in [2.75, 3.05) is 0 Å². The van der Waals surface area contributed by atoms with Crippen LogP contribution in [-0.4, -0.2) is 21.6 Å². The Morgan fingerprint density at radius 1 is 1.44 bits per heavy atom. The molecule has 2 aromatic rings. The van der Waals surface area contributed by atoms with Gasteiger partial charge in [0.25, 0.3) is 0 Å². The Morgan fingerprint density at radius 2 is 2.17 bits per heavy atom. The third-order valence-electron chi connectivity index (χ3n) is 3.47. The lowest BCUT2D eigenvalue weighted by Gasteiger charge is -2.27. The zero-order valence-electron chi connectivity index (χ0n) is 10.4. The first kappa shape index (κ1) is 12.5. The van der Waals surface area contributed by atoms with E-state index in [0.717, 1.165) is 16.5 Å². The maximum Gasteiger partial charge on any atom is 0.249 e. The Hall–Kier alpha value is -1.94. The van der Waals surface area contributed by atoms with Gasteiger partial charge in [0.05, 0.1) is 5.52 Å². The van der Waals surface area contributed by atoms with Gasteiger partial charge in [-0.15, -0.1) is 0 Å². The quantitative estimate of drug-likeness (QED) is 0.860. The van der Waals surface area contributed by atoms with Crippen LogP contribution in [0.2, 0.25) is 0 Å².